The highest BCUT2D eigenvalue weighted by atomic mass is 35.5. The van der Waals surface area contributed by atoms with Crippen molar-refractivity contribution in [3.8, 4) is 11.3 Å². The Morgan fingerprint density at radius 1 is 1.14 bits per heavy atom. The van der Waals surface area contributed by atoms with E-state index in [-0.39, 0.29) is 17.6 Å². The number of rotatable bonds is 6. The molecule has 0 spiro atoms. The standard InChI is InChI=1S/C26H26ClN3O4S/c27-21-12-10-17(30(32)33)14-20(21)22-13-11-18(34-22)15-28-26-24(19-8-4-5-9-23(19)35-26)25(31)29-16-6-2-1-3-7-16/h10-16H,1-9H2,(H,29,31). The summed E-state index contributed by atoms with van der Waals surface area (Å²) in [6.07, 6.45) is 11.3. The number of amides is 1. The minimum absolute atomic E-state index is 0.0213. The van der Waals surface area contributed by atoms with Gasteiger partial charge < -0.3 is 9.73 Å². The lowest BCUT2D eigenvalue weighted by Gasteiger charge is -2.23. The summed E-state index contributed by atoms with van der Waals surface area (Å²) < 4.78 is 5.88. The summed E-state index contributed by atoms with van der Waals surface area (Å²) >= 11 is 7.84. The molecule has 2 heterocycles. The number of non-ortho nitro benzene ring substituents is 1. The van der Waals surface area contributed by atoms with Crippen molar-refractivity contribution in [2.24, 2.45) is 4.99 Å². The molecule has 1 fully saturated rings. The van der Waals surface area contributed by atoms with E-state index < -0.39 is 4.92 Å². The molecule has 0 saturated heterocycles. The van der Waals surface area contributed by atoms with Crippen LogP contribution in [0, 0.1) is 10.1 Å². The summed E-state index contributed by atoms with van der Waals surface area (Å²) in [5, 5.41) is 15.5. The van der Waals surface area contributed by atoms with Crippen molar-refractivity contribution in [3.05, 3.63) is 67.2 Å². The summed E-state index contributed by atoms with van der Waals surface area (Å²) in [5.41, 5.74) is 2.23. The van der Waals surface area contributed by atoms with E-state index in [1.54, 1.807) is 29.7 Å². The molecule has 7 nitrogen and oxygen atoms in total. The van der Waals surface area contributed by atoms with E-state index in [2.05, 4.69) is 10.3 Å². The first kappa shape index (κ1) is 23.8. The Balaban J connectivity index is 1.41. The lowest BCUT2D eigenvalue weighted by atomic mass is 9.93. The molecule has 0 radical (unpaired) electrons. The first-order valence-corrected chi connectivity index (χ1v) is 13.2. The molecule has 1 N–H and O–H groups in total. The number of hydrogen-bond donors (Lipinski definition) is 1. The van der Waals surface area contributed by atoms with Crippen molar-refractivity contribution >= 4 is 45.7 Å². The Kier molecular flexibility index (Phi) is 7.02. The number of furan rings is 1. The number of thiophene rings is 1. The smallest absolute Gasteiger partial charge is 0.270 e. The first-order valence-electron chi connectivity index (χ1n) is 12.0. The summed E-state index contributed by atoms with van der Waals surface area (Å²) in [6.45, 7) is 0. The van der Waals surface area contributed by atoms with Crippen LogP contribution in [0.3, 0.4) is 0 Å². The average molecular weight is 512 g/mol. The minimum Gasteiger partial charge on any atom is -0.455 e. The fourth-order valence-corrected chi connectivity index (χ4v) is 6.33. The summed E-state index contributed by atoms with van der Waals surface area (Å²) in [5.74, 6) is 0.875. The Bertz CT molecular complexity index is 1290. The third-order valence-electron chi connectivity index (χ3n) is 6.68. The molecule has 9 heteroatoms. The van der Waals surface area contributed by atoms with Crippen LogP contribution >= 0.6 is 22.9 Å². The molecular formula is C26H26ClN3O4S. The van der Waals surface area contributed by atoms with Gasteiger partial charge in [-0.2, -0.15) is 0 Å². The van der Waals surface area contributed by atoms with E-state index >= 15 is 0 Å². The quantitative estimate of drug-likeness (QED) is 0.214. The first-order chi connectivity index (χ1) is 17.0. The van der Waals surface area contributed by atoms with Gasteiger partial charge in [0.2, 0.25) is 0 Å². The van der Waals surface area contributed by atoms with Crippen LogP contribution in [0.5, 0.6) is 0 Å². The van der Waals surface area contributed by atoms with Crippen LogP contribution in [0.25, 0.3) is 11.3 Å². The van der Waals surface area contributed by atoms with Gasteiger partial charge in [0.25, 0.3) is 11.6 Å². The highest BCUT2D eigenvalue weighted by molar-refractivity contribution is 7.16. The molecule has 182 valence electrons. The number of nitrogens with one attached hydrogen (secondary N) is 1. The molecule has 1 aromatic carbocycles. The topological polar surface area (TPSA) is 97.7 Å². The fourth-order valence-electron chi connectivity index (χ4n) is 4.89. The van der Waals surface area contributed by atoms with Gasteiger partial charge in [-0.15, -0.1) is 11.3 Å². The Labute approximate surface area is 212 Å². The zero-order valence-electron chi connectivity index (χ0n) is 19.2. The second-order valence-electron chi connectivity index (χ2n) is 9.08. The number of hydrogen-bond acceptors (Lipinski definition) is 6. The van der Waals surface area contributed by atoms with Crippen molar-refractivity contribution in [1.82, 2.24) is 5.32 Å². The molecule has 0 bridgehead atoms. The maximum absolute atomic E-state index is 13.3. The van der Waals surface area contributed by atoms with Gasteiger partial charge in [-0.3, -0.25) is 14.9 Å². The number of nitrogens with zero attached hydrogens (tertiary/aromatic N) is 2. The van der Waals surface area contributed by atoms with E-state index in [1.165, 1.54) is 29.5 Å². The van der Waals surface area contributed by atoms with Crippen LogP contribution in [-0.2, 0) is 12.8 Å². The molecule has 0 aliphatic heterocycles. The van der Waals surface area contributed by atoms with Crippen LogP contribution in [0.1, 0.15) is 71.5 Å². The minimum atomic E-state index is -0.469. The van der Waals surface area contributed by atoms with Crippen LogP contribution in [0.2, 0.25) is 5.02 Å². The van der Waals surface area contributed by atoms with Crippen molar-refractivity contribution in [2.45, 2.75) is 63.8 Å². The SMILES string of the molecule is O=C(NC1CCCCC1)c1c(N=Cc2ccc(-c3cc([N+](=O)[O-])ccc3Cl)o2)sc2c1CCCC2. The Morgan fingerprint density at radius 2 is 1.94 bits per heavy atom. The molecular weight excluding hydrogens is 486 g/mol. The summed E-state index contributed by atoms with van der Waals surface area (Å²) in [4.78, 5) is 29.9. The van der Waals surface area contributed by atoms with Gasteiger partial charge in [-0.25, -0.2) is 4.99 Å². The molecule has 0 unspecified atom stereocenters. The lowest BCUT2D eigenvalue weighted by molar-refractivity contribution is -0.384. The third-order valence-corrected chi connectivity index (χ3v) is 8.21. The number of fused-ring (bicyclic) bond motifs is 1. The molecule has 35 heavy (non-hydrogen) atoms. The fraction of sp³-hybridized carbons (Fsp3) is 0.385. The summed E-state index contributed by atoms with van der Waals surface area (Å²) in [7, 11) is 0. The lowest BCUT2D eigenvalue weighted by Crippen LogP contribution is -2.36. The number of nitro benzene ring substituents is 1. The van der Waals surface area contributed by atoms with Gasteiger partial charge in [0.1, 0.15) is 16.5 Å². The number of benzene rings is 1. The molecule has 2 aromatic heterocycles. The van der Waals surface area contributed by atoms with Crippen LogP contribution < -0.4 is 5.32 Å². The van der Waals surface area contributed by atoms with Crippen molar-refractivity contribution in [2.75, 3.05) is 0 Å². The van der Waals surface area contributed by atoms with E-state index in [0.29, 0.717) is 32.7 Å². The third kappa shape index (κ3) is 5.18. The maximum Gasteiger partial charge on any atom is 0.270 e. The number of aryl methyl sites for hydroxylation is 1. The predicted molar refractivity (Wildman–Crippen MR) is 138 cm³/mol. The second-order valence-corrected chi connectivity index (χ2v) is 10.6. The normalized spacial score (nSPS) is 16.4. The van der Waals surface area contributed by atoms with Gasteiger partial charge in [-0.1, -0.05) is 30.9 Å². The number of carbonyl (C=O) groups is 1. The molecule has 2 aliphatic carbocycles. The molecule has 1 saturated carbocycles. The van der Waals surface area contributed by atoms with E-state index in [4.69, 9.17) is 16.0 Å². The Hall–Kier alpha value is -2.97. The molecule has 3 aromatic rings. The van der Waals surface area contributed by atoms with Crippen LogP contribution in [0.4, 0.5) is 10.7 Å². The zero-order valence-corrected chi connectivity index (χ0v) is 20.8. The molecule has 1 amide bonds. The van der Waals surface area contributed by atoms with Gasteiger partial charge in [-0.05, 0) is 62.3 Å². The number of nitro groups is 1. The second kappa shape index (κ2) is 10.3. The highest BCUT2D eigenvalue weighted by Crippen LogP contribution is 2.40. The molecule has 0 atom stereocenters. The Morgan fingerprint density at radius 3 is 2.74 bits per heavy atom. The van der Waals surface area contributed by atoms with Crippen molar-refractivity contribution in [1.29, 1.82) is 0 Å². The van der Waals surface area contributed by atoms with Crippen molar-refractivity contribution < 1.29 is 14.1 Å². The van der Waals surface area contributed by atoms with Crippen LogP contribution in [-0.4, -0.2) is 23.1 Å². The number of aliphatic imine (C=N–C) groups is 1. The predicted octanol–water partition coefficient (Wildman–Crippen LogP) is 7.26. The van der Waals surface area contributed by atoms with Gasteiger partial charge in [0.05, 0.1) is 21.7 Å². The monoisotopic (exact) mass is 511 g/mol. The molecule has 5 rings (SSSR count). The maximum atomic E-state index is 13.3. The van der Waals surface area contributed by atoms with Crippen molar-refractivity contribution in [3.63, 3.8) is 0 Å². The average Bonchev–Trinajstić information content (AvgIpc) is 3.48. The van der Waals surface area contributed by atoms with Gasteiger partial charge in [0, 0.05) is 28.6 Å². The van der Waals surface area contributed by atoms with Crippen LogP contribution in [0.15, 0.2) is 39.7 Å². The summed E-state index contributed by atoms with van der Waals surface area (Å²) in [6, 6.07) is 7.92. The van der Waals surface area contributed by atoms with E-state index in [9.17, 15) is 14.9 Å². The van der Waals surface area contributed by atoms with Gasteiger partial charge in [0.15, 0.2) is 0 Å². The largest absolute Gasteiger partial charge is 0.455 e. The number of halogens is 1. The van der Waals surface area contributed by atoms with E-state index in [1.807, 2.05) is 0 Å². The highest BCUT2D eigenvalue weighted by Gasteiger charge is 2.27. The van der Waals surface area contributed by atoms with Gasteiger partial charge >= 0.3 is 0 Å². The number of carbonyl (C=O) groups excluding carboxylic acids is 1. The molecule has 2 aliphatic rings. The van der Waals surface area contributed by atoms with E-state index in [0.717, 1.165) is 56.9 Å². The zero-order chi connectivity index (χ0) is 24.4.